The fourth-order valence-electron chi connectivity index (χ4n) is 6.21. The first kappa shape index (κ1) is 26.7. The molecule has 9 nitrogen and oxygen atoms in total. The molecule has 0 spiro atoms. The summed E-state index contributed by atoms with van der Waals surface area (Å²) in [5.41, 5.74) is -0.0241. The number of nitrogens with zero attached hydrogens (tertiary/aromatic N) is 6. The lowest BCUT2D eigenvalue weighted by molar-refractivity contribution is -0.133. The Morgan fingerprint density at radius 1 is 1.08 bits per heavy atom. The van der Waals surface area contributed by atoms with Crippen LogP contribution in [-0.2, 0) is 4.79 Å². The van der Waals surface area contributed by atoms with Crippen molar-refractivity contribution in [2.24, 2.45) is 4.99 Å². The van der Waals surface area contributed by atoms with E-state index in [2.05, 4.69) is 31.7 Å². The van der Waals surface area contributed by atoms with Gasteiger partial charge in [-0.2, -0.15) is 4.98 Å². The molecule has 0 radical (unpaired) electrons. The number of rotatable bonds is 7. The summed E-state index contributed by atoms with van der Waals surface area (Å²) in [6.07, 6.45) is 16.4. The molecule has 38 heavy (non-hydrogen) atoms. The lowest BCUT2D eigenvalue weighted by atomic mass is 9.94. The number of hydrogen-bond donors (Lipinski definition) is 1. The summed E-state index contributed by atoms with van der Waals surface area (Å²) in [6.45, 7) is 13.9. The minimum Gasteiger partial charge on any atom is -0.472 e. The lowest BCUT2D eigenvalue weighted by Gasteiger charge is -2.41. The first-order chi connectivity index (χ1) is 18.4. The summed E-state index contributed by atoms with van der Waals surface area (Å²) < 4.78 is 5.99. The van der Waals surface area contributed by atoms with Crippen molar-refractivity contribution < 1.29 is 9.53 Å². The summed E-state index contributed by atoms with van der Waals surface area (Å²) in [7, 11) is 0. The molecule has 1 N–H and O–H groups in total. The normalized spacial score (nSPS) is 23.6. The van der Waals surface area contributed by atoms with Crippen LogP contribution >= 0.6 is 0 Å². The third-order valence-corrected chi connectivity index (χ3v) is 8.43. The van der Waals surface area contributed by atoms with Crippen molar-refractivity contribution in [2.75, 3.05) is 36.4 Å². The topological polar surface area (TPSA) is 86.2 Å². The van der Waals surface area contributed by atoms with E-state index < -0.39 is 5.60 Å². The summed E-state index contributed by atoms with van der Waals surface area (Å²) in [5, 5.41) is 3.21. The van der Waals surface area contributed by atoms with Crippen molar-refractivity contribution in [1.82, 2.24) is 19.8 Å². The van der Waals surface area contributed by atoms with Gasteiger partial charge >= 0.3 is 0 Å². The van der Waals surface area contributed by atoms with Crippen LogP contribution < -0.4 is 15.0 Å². The van der Waals surface area contributed by atoms with Gasteiger partial charge in [0.25, 0.3) is 5.91 Å². The maximum Gasteiger partial charge on any atom is 0.272 e. The molecule has 5 rings (SSSR count). The zero-order valence-electron chi connectivity index (χ0n) is 23.3. The van der Waals surface area contributed by atoms with Crippen LogP contribution in [0, 0.1) is 0 Å². The fraction of sp³-hybridized carbons (Fsp3) is 0.655. The molecule has 0 bridgehead atoms. The number of anilines is 2. The van der Waals surface area contributed by atoms with Gasteiger partial charge < -0.3 is 15.0 Å². The quantitative estimate of drug-likeness (QED) is 0.519. The van der Waals surface area contributed by atoms with Gasteiger partial charge in [0.05, 0.1) is 12.4 Å². The van der Waals surface area contributed by atoms with Gasteiger partial charge in [0, 0.05) is 44.0 Å². The van der Waals surface area contributed by atoms with E-state index in [-0.39, 0.29) is 11.9 Å². The number of carbonyl (C=O) groups is 1. The van der Waals surface area contributed by atoms with Gasteiger partial charge in [-0.15, -0.1) is 0 Å². The lowest BCUT2D eigenvalue weighted by Crippen LogP contribution is -2.55. The largest absolute Gasteiger partial charge is 0.472 e. The molecule has 1 aromatic heterocycles. The molecule has 206 valence electrons. The number of carbonyl (C=O) groups excluding carboxylic acids is 1. The van der Waals surface area contributed by atoms with Crippen LogP contribution in [0.15, 0.2) is 35.4 Å². The Bertz CT molecular complexity index is 1080. The van der Waals surface area contributed by atoms with Crippen molar-refractivity contribution in [3.05, 3.63) is 30.4 Å². The minimum absolute atomic E-state index is 0.0503. The Balaban J connectivity index is 1.22. The van der Waals surface area contributed by atoms with E-state index in [4.69, 9.17) is 9.72 Å². The van der Waals surface area contributed by atoms with E-state index in [0.29, 0.717) is 23.3 Å². The molecule has 1 saturated heterocycles. The van der Waals surface area contributed by atoms with Crippen LogP contribution in [0.4, 0.5) is 11.8 Å². The van der Waals surface area contributed by atoms with Crippen LogP contribution in [0.1, 0.15) is 78.6 Å². The van der Waals surface area contributed by atoms with Crippen molar-refractivity contribution >= 4 is 23.9 Å². The fourth-order valence-corrected chi connectivity index (χ4v) is 6.21. The zero-order valence-corrected chi connectivity index (χ0v) is 23.3. The number of piperazine rings is 1. The van der Waals surface area contributed by atoms with Crippen LogP contribution in [-0.4, -0.2) is 75.8 Å². The van der Waals surface area contributed by atoms with E-state index in [1.165, 1.54) is 32.1 Å². The highest BCUT2D eigenvalue weighted by Gasteiger charge is 2.45. The minimum atomic E-state index is -0.936. The molecule has 0 unspecified atom stereocenters. The first-order valence-electron chi connectivity index (χ1n) is 14.4. The number of amides is 1. The molecule has 2 aliphatic carbocycles. The predicted octanol–water partition coefficient (Wildman–Crippen LogP) is 4.73. The molecule has 3 fully saturated rings. The molecule has 9 heteroatoms. The molecule has 4 aliphatic rings. The average Bonchev–Trinajstić information content (AvgIpc) is 3.47. The maximum absolute atomic E-state index is 13.3. The monoisotopic (exact) mass is 521 g/mol. The molecule has 2 saturated carbocycles. The van der Waals surface area contributed by atoms with Crippen LogP contribution in [0.2, 0.25) is 0 Å². The summed E-state index contributed by atoms with van der Waals surface area (Å²) in [5.74, 6) is 2.05. The first-order valence-corrected chi connectivity index (χ1v) is 14.4. The zero-order chi connectivity index (χ0) is 26.7. The van der Waals surface area contributed by atoms with Gasteiger partial charge in [-0.25, -0.2) is 9.98 Å². The predicted molar refractivity (Wildman–Crippen MR) is 152 cm³/mol. The molecular weight excluding hydrogens is 478 g/mol. The van der Waals surface area contributed by atoms with E-state index in [0.717, 1.165) is 63.6 Å². The van der Waals surface area contributed by atoms with Crippen LogP contribution in [0.25, 0.3) is 0 Å². The maximum atomic E-state index is 13.3. The number of aliphatic imine (C=N–C) groups is 1. The SMILES string of the molecule is C=C(C=N/C(=C\C)Nc1ncc2c(n1)N(C1CCCC1)C(=O)C(C)(C)O2)N1CCN(C2CCCCC2)CC1. The summed E-state index contributed by atoms with van der Waals surface area (Å²) in [6, 6.07) is 0.910. The van der Waals surface area contributed by atoms with Crippen LogP contribution in [0.5, 0.6) is 5.75 Å². The van der Waals surface area contributed by atoms with E-state index in [1.54, 1.807) is 6.20 Å². The van der Waals surface area contributed by atoms with Crippen molar-refractivity contribution in [1.29, 1.82) is 0 Å². The van der Waals surface area contributed by atoms with Gasteiger partial charge in [0.2, 0.25) is 5.95 Å². The van der Waals surface area contributed by atoms with Crippen molar-refractivity contribution in [3.8, 4) is 5.75 Å². The Kier molecular flexibility index (Phi) is 8.02. The average molecular weight is 522 g/mol. The summed E-state index contributed by atoms with van der Waals surface area (Å²) in [4.78, 5) is 33.9. The second-order valence-corrected chi connectivity index (χ2v) is 11.5. The molecule has 1 amide bonds. The Labute approximate surface area is 227 Å². The Hall–Kier alpha value is -2.94. The Morgan fingerprint density at radius 3 is 2.42 bits per heavy atom. The van der Waals surface area contributed by atoms with Crippen molar-refractivity contribution in [2.45, 2.75) is 96.2 Å². The van der Waals surface area contributed by atoms with Gasteiger partial charge in [-0.1, -0.05) is 38.7 Å². The second-order valence-electron chi connectivity index (χ2n) is 11.5. The molecule has 2 aliphatic heterocycles. The van der Waals surface area contributed by atoms with Gasteiger partial charge in [0.15, 0.2) is 17.2 Å². The molecule has 0 atom stereocenters. The third-order valence-electron chi connectivity index (χ3n) is 8.43. The smallest absolute Gasteiger partial charge is 0.272 e. The number of fused-ring (bicyclic) bond motifs is 1. The third kappa shape index (κ3) is 5.72. The second kappa shape index (κ2) is 11.4. The van der Waals surface area contributed by atoms with E-state index in [9.17, 15) is 4.79 Å². The number of allylic oxidation sites excluding steroid dienone is 2. The highest BCUT2D eigenvalue weighted by Crippen LogP contribution is 2.40. The van der Waals surface area contributed by atoms with Gasteiger partial charge in [0.1, 0.15) is 5.82 Å². The summed E-state index contributed by atoms with van der Waals surface area (Å²) >= 11 is 0. The van der Waals surface area contributed by atoms with Gasteiger partial charge in [-0.3, -0.25) is 14.6 Å². The molecule has 1 aromatic rings. The number of ether oxygens (including phenoxy) is 1. The molecule has 0 aromatic carbocycles. The van der Waals surface area contributed by atoms with Crippen molar-refractivity contribution in [3.63, 3.8) is 0 Å². The number of nitrogens with one attached hydrogen (secondary N) is 1. The highest BCUT2D eigenvalue weighted by atomic mass is 16.5. The molecular formula is C29H43N7O2. The molecule has 3 heterocycles. The number of hydrogen-bond acceptors (Lipinski definition) is 8. The standard InChI is InChI=1S/C29H43N7O2/c1-5-25(30-19-21(2)34-15-17-35(18-16-34)22-11-7-6-8-12-22)32-28-31-20-24-26(33-28)36(23-13-9-10-14-23)27(37)29(3,4)38-24/h5,19-20,22-23H,2,6-18H2,1,3-4H3,(H,31,32,33)/b25-5+,30-19?. The Morgan fingerprint density at radius 2 is 1.74 bits per heavy atom. The van der Waals surface area contributed by atoms with E-state index in [1.807, 2.05) is 38.0 Å². The highest BCUT2D eigenvalue weighted by molar-refractivity contribution is 6.02. The van der Waals surface area contributed by atoms with Gasteiger partial charge in [-0.05, 0) is 52.5 Å². The van der Waals surface area contributed by atoms with Crippen LogP contribution in [0.3, 0.4) is 0 Å². The van der Waals surface area contributed by atoms with E-state index >= 15 is 0 Å². The number of aromatic nitrogens is 2.